The number of aryl methyl sites for hydroxylation is 4. The number of rotatable bonds is 2. The molecule has 0 aliphatic heterocycles. The average molecular weight is 539 g/mol. The number of para-hydroxylation sites is 2. The summed E-state index contributed by atoms with van der Waals surface area (Å²) < 4.78 is 4.96. The summed E-state index contributed by atoms with van der Waals surface area (Å²) in [6.07, 6.45) is 11.8. The fourth-order valence-corrected chi connectivity index (χ4v) is 8.08. The predicted octanol–water partition coefficient (Wildman–Crippen LogP) is 8.54. The maximum atomic E-state index is 4.33. The van der Waals surface area contributed by atoms with Crippen molar-refractivity contribution in [2.75, 3.05) is 0 Å². The van der Waals surface area contributed by atoms with Gasteiger partial charge in [0, 0.05) is 57.7 Å². The molecule has 10 rings (SSSR count). The van der Waals surface area contributed by atoms with Crippen molar-refractivity contribution < 1.29 is 0 Å². The largest absolute Gasteiger partial charge is 0.309 e. The van der Waals surface area contributed by atoms with Crippen LogP contribution in [0.2, 0.25) is 0 Å². The zero-order chi connectivity index (χ0) is 27.4. The summed E-state index contributed by atoms with van der Waals surface area (Å²) in [6, 6.07) is 31.3. The van der Waals surface area contributed by atoms with E-state index < -0.39 is 0 Å². The van der Waals surface area contributed by atoms with Crippen molar-refractivity contribution in [2.45, 2.75) is 25.7 Å². The van der Waals surface area contributed by atoms with Crippen LogP contribution in [0.1, 0.15) is 22.3 Å². The van der Waals surface area contributed by atoms with E-state index in [1.54, 1.807) is 0 Å². The Morgan fingerprint density at radius 1 is 0.452 bits per heavy atom. The summed E-state index contributed by atoms with van der Waals surface area (Å²) >= 11 is 0. The zero-order valence-corrected chi connectivity index (χ0v) is 23.0. The maximum absolute atomic E-state index is 4.33. The van der Waals surface area contributed by atoms with Crippen LogP contribution in [0.5, 0.6) is 0 Å². The second-order valence-electron chi connectivity index (χ2n) is 11.7. The Morgan fingerprint density at radius 3 is 1.33 bits per heavy atom. The molecule has 0 saturated carbocycles. The van der Waals surface area contributed by atoms with Gasteiger partial charge in [-0.05, 0) is 108 Å². The topological polar surface area (TPSA) is 35.6 Å². The van der Waals surface area contributed by atoms with Gasteiger partial charge in [0.05, 0.1) is 22.1 Å². The number of hydrogen-bond donors (Lipinski definition) is 0. The van der Waals surface area contributed by atoms with Gasteiger partial charge in [-0.3, -0.25) is 9.97 Å². The van der Waals surface area contributed by atoms with Crippen molar-refractivity contribution in [1.82, 2.24) is 19.1 Å². The molecular weight excluding hydrogens is 512 g/mol. The Bertz CT molecular complexity index is 2220. The monoisotopic (exact) mass is 538 g/mol. The molecule has 0 radical (unpaired) electrons. The van der Waals surface area contributed by atoms with E-state index >= 15 is 0 Å². The molecule has 4 nitrogen and oxygen atoms in total. The SMILES string of the molecule is c1ccc2c(c1)c1cc3c4c(c1n2-c1ccncc1)CCc1c-4c(cc2c4ccccc4n(-c4ccncc4)c12)CC3. The van der Waals surface area contributed by atoms with Crippen molar-refractivity contribution in [3.63, 3.8) is 0 Å². The summed E-state index contributed by atoms with van der Waals surface area (Å²) in [5, 5.41) is 5.39. The predicted molar refractivity (Wildman–Crippen MR) is 171 cm³/mol. The van der Waals surface area contributed by atoms with Gasteiger partial charge < -0.3 is 9.13 Å². The highest BCUT2D eigenvalue weighted by Crippen LogP contribution is 2.51. The van der Waals surface area contributed by atoms with Crippen LogP contribution in [-0.2, 0) is 25.7 Å². The van der Waals surface area contributed by atoms with Crippen molar-refractivity contribution in [3.8, 4) is 22.5 Å². The van der Waals surface area contributed by atoms with Gasteiger partial charge in [0.1, 0.15) is 0 Å². The zero-order valence-electron chi connectivity index (χ0n) is 23.0. The van der Waals surface area contributed by atoms with E-state index in [0.717, 1.165) is 25.7 Å². The van der Waals surface area contributed by atoms with E-state index in [0.29, 0.717) is 0 Å². The first-order chi connectivity index (χ1) is 20.9. The highest BCUT2D eigenvalue weighted by atomic mass is 15.0. The molecule has 0 bridgehead atoms. The van der Waals surface area contributed by atoms with E-state index in [-0.39, 0.29) is 0 Å². The van der Waals surface area contributed by atoms with E-state index in [4.69, 9.17) is 0 Å². The van der Waals surface area contributed by atoms with E-state index in [1.807, 2.05) is 24.8 Å². The standard InChI is InChI=1S/C38H26N4/c1-3-7-33-27(5-1)31-21-23-9-10-24-22-32-28-6-2-4-8-34(28)42(26-15-19-40-20-16-26)38(32)30-12-11-29(35(23)36(24)30)37(31)41(33)25-13-17-39-18-14-25/h1-8,13-22H,9-12H2. The first-order valence-corrected chi connectivity index (χ1v) is 14.8. The molecule has 0 saturated heterocycles. The third-order valence-electron chi connectivity index (χ3n) is 9.66. The lowest BCUT2D eigenvalue weighted by atomic mass is 9.74. The fraction of sp³-hybridized carbons (Fsp3) is 0.105. The van der Waals surface area contributed by atoms with E-state index in [2.05, 4.69) is 104 Å². The molecule has 0 atom stereocenters. The third-order valence-corrected chi connectivity index (χ3v) is 9.66. The van der Waals surface area contributed by atoms with Crippen LogP contribution in [0.4, 0.5) is 0 Å². The van der Waals surface area contributed by atoms with Crippen LogP contribution < -0.4 is 0 Å². The molecule has 42 heavy (non-hydrogen) atoms. The molecule has 0 spiro atoms. The third kappa shape index (κ3) is 2.81. The molecule has 0 fully saturated rings. The molecule has 0 unspecified atom stereocenters. The Morgan fingerprint density at radius 2 is 0.881 bits per heavy atom. The minimum absolute atomic E-state index is 1.02. The van der Waals surface area contributed by atoms with Crippen LogP contribution >= 0.6 is 0 Å². The quantitative estimate of drug-likeness (QED) is 0.221. The van der Waals surface area contributed by atoms with Gasteiger partial charge in [-0.15, -0.1) is 0 Å². The molecule has 0 N–H and O–H groups in total. The van der Waals surface area contributed by atoms with Crippen LogP contribution in [0.15, 0.2) is 110 Å². The lowest BCUT2D eigenvalue weighted by Crippen LogP contribution is -2.16. The number of benzene rings is 4. The molecule has 198 valence electrons. The number of aromatic nitrogens is 4. The van der Waals surface area contributed by atoms with Crippen LogP contribution in [0.25, 0.3) is 66.1 Å². The van der Waals surface area contributed by atoms with E-state index in [1.165, 1.54) is 88.4 Å². The van der Waals surface area contributed by atoms with Crippen LogP contribution in [0.3, 0.4) is 0 Å². The summed E-state index contributed by atoms with van der Waals surface area (Å²) in [7, 11) is 0. The Balaban J connectivity index is 1.37. The molecule has 0 amide bonds. The average Bonchev–Trinajstić information content (AvgIpc) is 3.57. The van der Waals surface area contributed by atoms with Crippen molar-refractivity contribution in [1.29, 1.82) is 0 Å². The molecule has 4 heteroatoms. The molecular formula is C38H26N4. The second kappa shape index (κ2) is 8.17. The van der Waals surface area contributed by atoms with Crippen LogP contribution in [0, 0.1) is 0 Å². The Hall–Kier alpha value is -5.22. The van der Waals surface area contributed by atoms with Gasteiger partial charge in [0.25, 0.3) is 0 Å². The van der Waals surface area contributed by atoms with E-state index in [9.17, 15) is 0 Å². The molecule has 4 aromatic heterocycles. The first kappa shape index (κ1) is 22.5. The van der Waals surface area contributed by atoms with Gasteiger partial charge >= 0.3 is 0 Å². The molecule has 2 aliphatic rings. The fourth-order valence-electron chi connectivity index (χ4n) is 8.08. The van der Waals surface area contributed by atoms with Gasteiger partial charge in [-0.1, -0.05) is 36.4 Å². The normalized spacial score (nSPS) is 13.8. The highest BCUT2D eigenvalue weighted by molar-refractivity contribution is 6.16. The number of hydrogen-bond acceptors (Lipinski definition) is 2. The lowest BCUT2D eigenvalue weighted by molar-refractivity contribution is 0.883. The molecule has 2 aliphatic carbocycles. The summed E-state index contributed by atoms with van der Waals surface area (Å²) in [5.74, 6) is 0. The number of fused-ring (bicyclic) bond motifs is 8. The summed E-state index contributed by atoms with van der Waals surface area (Å²) in [6.45, 7) is 0. The van der Waals surface area contributed by atoms with Gasteiger partial charge in [-0.25, -0.2) is 0 Å². The second-order valence-corrected chi connectivity index (χ2v) is 11.7. The Labute approximate surface area is 242 Å². The lowest BCUT2D eigenvalue weighted by Gasteiger charge is -2.31. The first-order valence-electron chi connectivity index (χ1n) is 14.8. The molecule has 8 aromatic rings. The van der Waals surface area contributed by atoms with Gasteiger partial charge in [0.2, 0.25) is 0 Å². The van der Waals surface area contributed by atoms with Crippen molar-refractivity contribution in [2.24, 2.45) is 0 Å². The van der Waals surface area contributed by atoms with Crippen molar-refractivity contribution >= 4 is 43.6 Å². The van der Waals surface area contributed by atoms with Gasteiger partial charge in [0.15, 0.2) is 0 Å². The van der Waals surface area contributed by atoms with Crippen LogP contribution in [-0.4, -0.2) is 19.1 Å². The molecule has 4 heterocycles. The van der Waals surface area contributed by atoms with Gasteiger partial charge in [-0.2, -0.15) is 0 Å². The summed E-state index contributed by atoms with van der Waals surface area (Å²) in [5.41, 5.74) is 16.5. The Kier molecular flexibility index (Phi) is 4.37. The minimum Gasteiger partial charge on any atom is -0.309 e. The maximum Gasteiger partial charge on any atom is 0.0579 e. The number of nitrogens with zero attached hydrogens (tertiary/aromatic N) is 4. The minimum atomic E-state index is 1.02. The number of pyridine rings is 2. The highest BCUT2D eigenvalue weighted by Gasteiger charge is 2.32. The summed E-state index contributed by atoms with van der Waals surface area (Å²) in [4.78, 5) is 8.66. The molecule has 4 aromatic carbocycles. The smallest absolute Gasteiger partial charge is 0.0579 e. The van der Waals surface area contributed by atoms with Crippen molar-refractivity contribution in [3.05, 3.63) is 132 Å².